The molecule has 2 N–H and O–H groups in total. The number of hydrogen-bond donors (Lipinski definition) is 2. The molecule has 0 aliphatic heterocycles. The second-order valence-electron chi connectivity index (χ2n) is 3.38. The molecule has 0 aliphatic rings. The van der Waals surface area contributed by atoms with Gasteiger partial charge in [-0.1, -0.05) is 13.8 Å². The first-order valence-electron chi connectivity index (χ1n) is 5.23. The molecule has 0 atom stereocenters. The van der Waals surface area contributed by atoms with Crippen LogP contribution in [0, 0.1) is 0 Å². The summed E-state index contributed by atoms with van der Waals surface area (Å²) in [5.41, 5.74) is 0. The average Bonchev–Trinajstić information content (AvgIpc) is 2.15. The van der Waals surface area contributed by atoms with E-state index in [1.807, 2.05) is 0 Å². The van der Waals surface area contributed by atoms with Crippen molar-refractivity contribution in [3.05, 3.63) is 0 Å². The van der Waals surface area contributed by atoms with Gasteiger partial charge in [-0.05, 0) is 12.8 Å². The van der Waals surface area contributed by atoms with Gasteiger partial charge in [0.1, 0.15) is 0 Å². The van der Waals surface area contributed by atoms with Gasteiger partial charge >= 0.3 is 17.9 Å². The summed E-state index contributed by atoms with van der Waals surface area (Å²) in [6, 6.07) is 0. The standard InChI is InChI=1S/C10H18O6/c1-3-5-8(11)15-7-10(13,14)16-9(12)6-4-2/h13-14H,3-7H2,1-2H3. The normalized spacial score (nSPS) is 11.0. The summed E-state index contributed by atoms with van der Waals surface area (Å²) in [6.07, 6.45) is 1.38. The van der Waals surface area contributed by atoms with Crippen LogP contribution in [0.1, 0.15) is 39.5 Å². The van der Waals surface area contributed by atoms with Crippen molar-refractivity contribution in [1.29, 1.82) is 0 Å². The third kappa shape index (κ3) is 7.19. The molecule has 0 rings (SSSR count). The molecule has 6 heteroatoms. The first-order chi connectivity index (χ1) is 7.41. The largest absolute Gasteiger partial charge is 0.456 e. The molecule has 0 aromatic rings. The summed E-state index contributed by atoms with van der Waals surface area (Å²) < 4.78 is 8.81. The van der Waals surface area contributed by atoms with Crippen LogP contribution in [-0.4, -0.2) is 34.7 Å². The van der Waals surface area contributed by atoms with E-state index in [2.05, 4.69) is 9.47 Å². The minimum Gasteiger partial charge on any atom is -0.456 e. The van der Waals surface area contributed by atoms with Crippen LogP contribution in [-0.2, 0) is 19.1 Å². The van der Waals surface area contributed by atoms with E-state index in [4.69, 9.17) is 10.2 Å². The molecular formula is C10H18O6. The van der Waals surface area contributed by atoms with Crippen LogP contribution >= 0.6 is 0 Å². The van der Waals surface area contributed by atoms with Crippen LogP contribution in [0.3, 0.4) is 0 Å². The smallest absolute Gasteiger partial charge is 0.360 e. The second-order valence-corrected chi connectivity index (χ2v) is 3.38. The maximum absolute atomic E-state index is 10.9. The van der Waals surface area contributed by atoms with Gasteiger partial charge in [-0.3, -0.25) is 9.59 Å². The Hall–Kier alpha value is -1.14. The Balaban J connectivity index is 3.94. The molecular weight excluding hydrogens is 216 g/mol. The van der Waals surface area contributed by atoms with Crippen molar-refractivity contribution in [2.75, 3.05) is 6.61 Å². The van der Waals surface area contributed by atoms with E-state index in [9.17, 15) is 9.59 Å². The molecule has 0 saturated carbocycles. The number of carbonyl (C=O) groups is 2. The quantitative estimate of drug-likeness (QED) is 0.486. The molecule has 16 heavy (non-hydrogen) atoms. The van der Waals surface area contributed by atoms with Gasteiger partial charge < -0.3 is 19.7 Å². The first kappa shape index (κ1) is 14.9. The molecule has 0 amide bonds. The van der Waals surface area contributed by atoms with E-state index >= 15 is 0 Å². The van der Waals surface area contributed by atoms with Crippen LogP contribution in [0.25, 0.3) is 0 Å². The fourth-order valence-electron chi connectivity index (χ4n) is 0.918. The summed E-state index contributed by atoms with van der Waals surface area (Å²) in [7, 11) is 0. The molecule has 6 nitrogen and oxygen atoms in total. The maximum Gasteiger partial charge on any atom is 0.360 e. The van der Waals surface area contributed by atoms with Gasteiger partial charge in [-0.2, -0.15) is 0 Å². The lowest BCUT2D eigenvalue weighted by atomic mass is 10.3. The van der Waals surface area contributed by atoms with Crippen LogP contribution < -0.4 is 0 Å². The van der Waals surface area contributed by atoms with E-state index in [-0.39, 0.29) is 12.8 Å². The zero-order chi connectivity index (χ0) is 12.6. The van der Waals surface area contributed by atoms with Crippen molar-refractivity contribution in [2.24, 2.45) is 0 Å². The maximum atomic E-state index is 10.9. The van der Waals surface area contributed by atoms with Gasteiger partial charge in [0.05, 0.1) is 0 Å². The van der Waals surface area contributed by atoms with Gasteiger partial charge in [-0.25, -0.2) is 0 Å². The lowest BCUT2D eigenvalue weighted by molar-refractivity contribution is -0.333. The Morgan fingerprint density at radius 2 is 1.56 bits per heavy atom. The molecule has 0 fully saturated rings. The summed E-state index contributed by atoms with van der Waals surface area (Å²) >= 11 is 0. The van der Waals surface area contributed by atoms with Crippen molar-refractivity contribution in [3.63, 3.8) is 0 Å². The highest BCUT2D eigenvalue weighted by molar-refractivity contribution is 5.70. The highest BCUT2D eigenvalue weighted by Gasteiger charge is 2.30. The van der Waals surface area contributed by atoms with Crippen molar-refractivity contribution >= 4 is 11.9 Å². The van der Waals surface area contributed by atoms with Gasteiger partial charge in [0, 0.05) is 12.8 Å². The SMILES string of the molecule is CCCC(=O)OCC(O)(O)OC(=O)CCC. The molecule has 0 aromatic carbocycles. The Bertz CT molecular complexity index is 235. The van der Waals surface area contributed by atoms with Crippen LogP contribution in [0.4, 0.5) is 0 Å². The third-order valence-corrected chi connectivity index (χ3v) is 1.61. The lowest BCUT2D eigenvalue weighted by Gasteiger charge is -2.20. The van der Waals surface area contributed by atoms with Crippen molar-refractivity contribution in [1.82, 2.24) is 0 Å². The molecule has 0 unspecified atom stereocenters. The fraction of sp³-hybridized carbons (Fsp3) is 0.800. The van der Waals surface area contributed by atoms with Gasteiger partial charge in [0.2, 0.25) is 0 Å². The van der Waals surface area contributed by atoms with Crippen LogP contribution in [0.5, 0.6) is 0 Å². The van der Waals surface area contributed by atoms with E-state index in [0.29, 0.717) is 12.8 Å². The van der Waals surface area contributed by atoms with Crippen molar-refractivity contribution < 1.29 is 29.3 Å². The number of ether oxygens (including phenoxy) is 2. The highest BCUT2D eigenvalue weighted by Crippen LogP contribution is 2.07. The van der Waals surface area contributed by atoms with E-state index in [0.717, 1.165) is 0 Å². The monoisotopic (exact) mass is 234 g/mol. The minimum atomic E-state index is -2.74. The first-order valence-corrected chi connectivity index (χ1v) is 5.23. The summed E-state index contributed by atoms with van der Waals surface area (Å²) in [6.45, 7) is 2.76. The third-order valence-electron chi connectivity index (χ3n) is 1.61. The number of rotatable bonds is 7. The predicted molar refractivity (Wildman–Crippen MR) is 54.0 cm³/mol. The van der Waals surface area contributed by atoms with E-state index in [1.54, 1.807) is 13.8 Å². The Labute approximate surface area is 94.2 Å². The summed E-state index contributed by atoms with van der Waals surface area (Å²) in [5, 5.41) is 18.3. The molecule has 0 spiro atoms. The predicted octanol–water partition coefficient (Wildman–Crippen LogP) is 0.311. The molecule has 0 saturated heterocycles. The fourth-order valence-corrected chi connectivity index (χ4v) is 0.918. The summed E-state index contributed by atoms with van der Waals surface area (Å²) in [5.74, 6) is -4.06. The van der Waals surface area contributed by atoms with E-state index in [1.165, 1.54) is 0 Å². The van der Waals surface area contributed by atoms with Crippen LogP contribution in [0.2, 0.25) is 0 Å². The Morgan fingerprint density at radius 3 is 2.06 bits per heavy atom. The number of esters is 2. The van der Waals surface area contributed by atoms with Crippen LogP contribution in [0.15, 0.2) is 0 Å². The number of carbonyl (C=O) groups excluding carboxylic acids is 2. The number of aliphatic hydroxyl groups is 2. The molecule has 0 aliphatic carbocycles. The molecule has 0 aromatic heterocycles. The van der Waals surface area contributed by atoms with Gasteiger partial charge in [0.25, 0.3) is 0 Å². The van der Waals surface area contributed by atoms with Gasteiger partial charge in [0.15, 0.2) is 6.61 Å². The summed E-state index contributed by atoms with van der Waals surface area (Å²) in [4.78, 5) is 21.9. The van der Waals surface area contributed by atoms with Crippen molar-refractivity contribution in [2.45, 2.75) is 45.5 Å². The van der Waals surface area contributed by atoms with E-state index < -0.39 is 24.5 Å². The minimum absolute atomic E-state index is 0.0752. The highest BCUT2D eigenvalue weighted by atomic mass is 16.8. The Kier molecular flexibility index (Phi) is 6.67. The Morgan fingerprint density at radius 1 is 1.06 bits per heavy atom. The zero-order valence-corrected chi connectivity index (χ0v) is 9.56. The zero-order valence-electron chi connectivity index (χ0n) is 9.56. The van der Waals surface area contributed by atoms with Crippen molar-refractivity contribution in [3.8, 4) is 0 Å². The topological polar surface area (TPSA) is 93.1 Å². The average molecular weight is 234 g/mol. The lowest BCUT2D eigenvalue weighted by Crippen LogP contribution is -2.40. The molecule has 0 bridgehead atoms. The van der Waals surface area contributed by atoms with Gasteiger partial charge in [-0.15, -0.1) is 0 Å². The molecule has 0 radical (unpaired) electrons. The molecule has 94 valence electrons. The second kappa shape index (κ2) is 7.19. The number of hydrogen-bond acceptors (Lipinski definition) is 6. The molecule has 0 heterocycles.